The summed E-state index contributed by atoms with van der Waals surface area (Å²) in [5, 5.41) is 6.61. The highest BCUT2D eigenvalue weighted by atomic mass is 35.5. The summed E-state index contributed by atoms with van der Waals surface area (Å²) < 4.78 is 23.7. The molecule has 0 saturated heterocycles. The van der Waals surface area contributed by atoms with Gasteiger partial charge in [-0.25, -0.2) is 8.42 Å². The lowest BCUT2D eigenvalue weighted by Gasteiger charge is -2.20. The summed E-state index contributed by atoms with van der Waals surface area (Å²) in [7, 11) is -1.50. The van der Waals surface area contributed by atoms with E-state index in [9.17, 15) is 13.2 Å². The molecule has 0 aliphatic carbocycles. The third-order valence-corrected chi connectivity index (χ3v) is 5.32. The van der Waals surface area contributed by atoms with E-state index in [0.717, 1.165) is 18.5 Å². The summed E-state index contributed by atoms with van der Waals surface area (Å²) in [5.41, 5.74) is 1.54. The normalized spacial score (nSPS) is 12.6. The number of amides is 1. The van der Waals surface area contributed by atoms with Crippen molar-refractivity contribution < 1.29 is 13.2 Å². The van der Waals surface area contributed by atoms with Crippen LogP contribution in [-0.2, 0) is 14.6 Å². The number of carbonyl (C=O) groups excluding carboxylic acids is 1. The van der Waals surface area contributed by atoms with Crippen LogP contribution in [0.1, 0.15) is 30.0 Å². The van der Waals surface area contributed by atoms with Gasteiger partial charge in [0, 0.05) is 17.7 Å². The molecule has 1 atom stereocenters. The predicted octanol–water partition coefficient (Wildman–Crippen LogP) is 2.95. The lowest BCUT2D eigenvalue weighted by atomic mass is 9.98. The molecule has 0 aliphatic heterocycles. The summed E-state index contributed by atoms with van der Waals surface area (Å²) in [6.07, 6.45) is 2.27. The summed E-state index contributed by atoms with van der Waals surface area (Å²) in [5.74, 6) is -0.0926. The van der Waals surface area contributed by atoms with Crippen molar-refractivity contribution in [3.8, 4) is 0 Å². The topological polar surface area (TPSA) is 75.3 Å². The van der Waals surface area contributed by atoms with E-state index in [-0.39, 0.29) is 10.8 Å². The molecular weight excluding hydrogens is 372 g/mol. The van der Waals surface area contributed by atoms with Gasteiger partial charge in [-0.3, -0.25) is 4.79 Å². The molecule has 0 heterocycles. The molecule has 0 spiro atoms. The van der Waals surface area contributed by atoms with Gasteiger partial charge in [-0.1, -0.05) is 35.9 Å². The smallest absolute Gasteiger partial charge is 0.220 e. The number of carbonyl (C=O) groups is 1. The van der Waals surface area contributed by atoms with Crippen molar-refractivity contribution in [1.82, 2.24) is 10.6 Å². The number of sulfone groups is 1. The second-order valence-electron chi connectivity index (χ2n) is 6.10. The highest BCUT2D eigenvalue weighted by Crippen LogP contribution is 2.26. The molecule has 140 valence electrons. The Morgan fingerprint density at radius 1 is 1.12 bits per heavy atom. The fourth-order valence-electron chi connectivity index (χ4n) is 2.60. The van der Waals surface area contributed by atoms with E-state index in [1.807, 2.05) is 25.2 Å². The molecule has 7 heteroatoms. The molecule has 0 bridgehead atoms. The van der Waals surface area contributed by atoms with E-state index in [0.29, 0.717) is 17.0 Å². The van der Waals surface area contributed by atoms with Gasteiger partial charge in [0.2, 0.25) is 5.91 Å². The maximum Gasteiger partial charge on any atom is 0.220 e. The van der Waals surface area contributed by atoms with Gasteiger partial charge in [0.15, 0.2) is 9.84 Å². The first-order valence-corrected chi connectivity index (χ1v) is 10.6. The van der Waals surface area contributed by atoms with E-state index < -0.39 is 15.9 Å². The first kappa shape index (κ1) is 20.4. The van der Waals surface area contributed by atoms with Gasteiger partial charge in [0.25, 0.3) is 0 Å². The third-order valence-electron chi connectivity index (χ3n) is 3.96. The largest absolute Gasteiger partial charge is 0.345 e. The minimum atomic E-state index is -3.34. The van der Waals surface area contributed by atoms with Crippen LogP contribution in [0.4, 0.5) is 0 Å². The van der Waals surface area contributed by atoms with Gasteiger partial charge in [0.05, 0.1) is 10.9 Å². The van der Waals surface area contributed by atoms with Gasteiger partial charge in [0.1, 0.15) is 0 Å². The van der Waals surface area contributed by atoms with Gasteiger partial charge >= 0.3 is 0 Å². The SMILES string of the molecule is CNCCCC(=O)NC(c1ccc(Cl)cc1)c1cccc(S(C)(=O)=O)c1. The molecule has 2 N–H and O–H groups in total. The zero-order chi connectivity index (χ0) is 19.2. The number of benzene rings is 2. The first-order chi connectivity index (χ1) is 12.3. The number of halogens is 1. The number of hydrogen-bond donors (Lipinski definition) is 2. The Labute approximate surface area is 159 Å². The molecule has 0 aromatic heterocycles. The molecule has 1 amide bonds. The lowest BCUT2D eigenvalue weighted by molar-refractivity contribution is -0.121. The van der Waals surface area contributed by atoms with Crippen LogP contribution in [0.3, 0.4) is 0 Å². The summed E-state index contributed by atoms with van der Waals surface area (Å²) in [4.78, 5) is 12.6. The Hall–Kier alpha value is -1.89. The van der Waals surface area contributed by atoms with Crippen LogP contribution in [0.15, 0.2) is 53.4 Å². The first-order valence-electron chi connectivity index (χ1n) is 8.30. The zero-order valence-corrected chi connectivity index (χ0v) is 16.4. The molecule has 2 aromatic rings. The minimum Gasteiger partial charge on any atom is -0.345 e. The average Bonchev–Trinajstić information content (AvgIpc) is 2.60. The molecule has 2 aromatic carbocycles. The van der Waals surface area contributed by atoms with Crippen LogP contribution >= 0.6 is 11.6 Å². The summed E-state index contributed by atoms with van der Waals surface area (Å²) >= 11 is 5.96. The Balaban J connectivity index is 2.34. The Bertz CT molecular complexity index is 851. The number of hydrogen-bond acceptors (Lipinski definition) is 4. The standard InChI is InChI=1S/C19H23ClN2O3S/c1-21-12-4-7-18(23)22-19(14-8-10-16(20)11-9-14)15-5-3-6-17(13-15)26(2,24)25/h3,5-6,8-11,13,19,21H,4,7,12H2,1-2H3,(H,22,23). The molecule has 26 heavy (non-hydrogen) atoms. The van der Waals surface area contributed by atoms with E-state index in [4.69, 9.17) is 11.6 Å². The van der Waals surface area contributed by atoms with E-state index >= 15 is 0 Å². The van der Waals surface area contributed by atoms with Gasteiger partial charge < -0.3 is 10.6 Å². The van der Waals surface area contributed by atoms with Crippen LogP contribution in [-0.4, -0.2) is 34.2 Å². The Morgan fingerprint density at radius 3 is 2.42 bits per heavy atom. The van der Waals surface area contributed by atoms with Gasteiger partial charge in [-0.15, -0.1) is 0 Å². The minimum absolute atomic E-state index is 0.0926. The molecule has 0 radical (unpaired) electrons. The monoisotopic (exact) mass is 394 g/mol. The second-order valence-corrected chi connectivity index (χ2v) is 8.56. The van der Waals surface area contributed by atoms with Gasteiger partial charge in [-0.2, -0.15) is 0 Å². The van der Waals surface area contributed by atoms with Crippen molar-refractivity contribution in [2.45, 2.75) is 23.8 Å². The van der Waals surface area contributed by atoms with Crippen molar-refractivity contribution in [3.05, 3.63) is 64.7 Å². The number of nitrogens with one attached hydrogen (secondary N) is 2. The maximum atomic E-state index is 12.3. The molecule has 1 unspecified atom stereocenters. The molecule has 0 fully saturated rings. The third kappa shape index (κ3) is 5.83. The number of rotatable bonds is 8. The fraction of sp³-hybridized carbons (Fsp3) is 0.316. The van der Waals surface area contributed by atoms with Crippen molar-refractivity contribution in [1.29, 1.82) is 0 Å². The summed E-state index contributed by atoms with van der Waals surface area (Å²) in [6.45, 7) is 0.753. The highest BCUT2D eigenvalue weighted by Gasteiger charge is 2.19. The lowest BCUT2D eigenvalue weighted by Crippen LogP contribution is -2.29. The quantitative estimate of drug-likeness (QED) is 0.675. The van der Waals surface area contributed by atoms with E-state index in [1.54, 1.807) is 30.3 Å². The average molecular weight is 395 g/mol. The van der Waals surface area contributed by atoms with Crippen LogP contribution in [0.25, 0.3) is 0 Å². The molecular formula is C19H23ClN2O3S. The molecule has 0 aliphatic rings. The van der Waals surface area contributed by atoms with Crippen LogP contribution in [0.2, 0.25) is 5.02 Å². The zero-order valence-electron chi connectivity index (χ0n) is 14.8. The van der Waals surface area contributed by atoms with Crippen LogP contribution in [0.5, 0.6) is 0 Å². The van der Waals surface area contributed by atoms with Crippen LogP contribution < -0.4 is 10.6 Å². The molecule has 0 saturated carbocycles. The van der Waals surface area contributed by atoms with E-state index in [2.05, 4.69) is 10.6 Å². The van der Waals surface area contributed by atoms with Crippen LogP contribution in [0, 0.1) is 0 Å². The maximum absolute atomic E-state index is 12.3. The molecule has 5 nitrogen and oxygen atoms in total. The Morgan fingerprint density at radius 2 is 1.81 bits per heavy atom. The van der Waals surface area contributed by atoms with Crippen molar-refractivity contribution in [3.63, 3.8) is 0 Å². The second kappa shape index (κ2) is 9.16. The van der Waals surface area contributed by atoms with Crippen molar-refractivity contribution in [2.75, 3.05) is 19.8 Å². The van der Waals surface area contributed by atoms with Crippen molar-refractivity contribution in [2.24, 2.45) is 0 Å². The van der Waals surface area contributed by atoms with E-state index in [1.165, 1.54) is 6.26 Å². The van der Waals surface area contributed by atoms with Gasteiger partial charge in [-0.05, 0) is 55.4 Å². The predicted molar refractivity (Wildman–Crippen MR) is 104 cm³/mol. The Kier molecular flexibility index (Phi) is 7.20. The van der Waals surface area contributed by atoms with Crippen molar-refractivity contribution >= 4 is 27.3 Å². The summed E-state index contributed by atoms with van der Waals surface area (Å²) in [6, 6.07) is 13.3. The molecule has 2 rings (SSSR count). The highest BCUT2D eigenvalue weighted by molar-refractivity contribution is 7.90. The fourth-order valence-corrected chi connectivity index (χ4v) is 3.40.